The number of amides is 2. The van der Waals surface area contributed by atoms with Crippen molar-refractivity contribution in [2.24, 2.45) is 0 Å². The van der Waals surface area contributed by atoms with Crippen LogP contribution in [-0.4, -0.2) is 48.6 Å². The molecule has 9 heteroatoms. The Morgan fingerprint density at radius 1 is 1.14 bits per heavy atom. The van der Waals surface area contributed by atoms with Crippen molar-refractivity contribution in [1.82, 2.24) is 4.90 Å². The van der Waals surface area contributed by atoms with E-state index in [1.165, 1.54) is 36.9 Å². The predicted octanol–water partition coefficient (Wildman–Crippen LogP) is 4.36. The number of nitrogens with zero attached hydrogens (tertiary/aromatic N) is 1. The van der Waals surface area contributed by atoms with E-state index >= 15 is 0 Å². The van der Waals surface area contributed by atoms with Gasteiger partial charge in [0, 0.05) is 17.6 Å². The van der Waals surface area contributed by atoms with Crippen LogP contribution in [-0.2, 0) is 14.3 Å². The number of thioether (sulfide) groups is 1. The SMILES string of the molecule is COC(=O)C(C)Sc1ccccc1C(=O)N(C)CC(=O)Nc1ccc(Cl)c(Cl)c1. The first-order chi connectivity index (χ1) is 13.7. The number of benzene rings is 2. The lowest BCUT2D eigenvalue weighted by Crippen LogP contribution is -2.35. The molecule has 1 atom stereocenters. The Kier molecular flexibility index (Phi) is 8.37. The van der Waals surface area contributed by atoms with Crippen LogP contribution in [0.1, 0.15) is 17.3 Å². The number of hydrogen-bond acceptors (Lipinski definition) is 5. The van der Waals surface area contributed by atoms with E-state index in [0.29, 0.717) is 26.2 Å². The normalized spacial score (nSPS) is 11.5. The Labute approximate surface area is 183 Å². The Morgan fingerprint density at radius 3 is 2.48 bits per heavy atom. The van der Waals surface area contributed by atoms with E-state index in [1.807, 2.05) is 0 Å². The topological polar surface area (TPSA) is 75.7 Å². The molecule has 0 aromatic heterocycles. The first-order valence-corrected chi connectivity index (χ1v) is 10.2. The summed E-state index contributed by atoms with van der Waals surface area (Å²) in [6, 6.07) is 11.6. The number of esters is 1. The fourth-order valence-corrected chi connectivity index (χ4v) is 3.73. The average Bonchev–Trinajstić information content (AvgIpc) is 2.69. The molecule has 0 aliphatic carbocycles. The third-order valence-electron chi connectivity index (χ3n) is 3.89. The van der Waals surface area contributed by atoms with Crippen LogP contribution < -0.4 is 5.32 Å². The molecule has 2 aromatic rings. The Balaban J connectivity index is 2.06. The second kappa shape index (κ2) is 10.5. The second-order valence-corrected chi connectivity index (χ2v) is 8.31. The van der Waals surface area contributed by atoms with Gasteiger partial charge in [0.2, 0.25) is 5.91 Å². The van der Waals surface area contributed by atoms with E-state index in [2.05, 4.69) is 5.32 Å². The fourth-order valence-electron chi connectivity index (χ4n) is 2.42. The second-order valence-electron chi connectivity index (χ2n) is 6.12. The summed E-state index contributed by atoms with van der Waals surface area (Å²) in [5.74, 6) is -1.10. The van der Waals surface area contributed by atoms with E-state index < -0.39 is 5.25 Å². The summed E-state index contributed by atoms with van der Waals surface area (Å²) in [5, 5.41) is 2.90. The molecule has 1 unspecified atom stereocenters. The van der Waals surface area contributed by atoms with Gasteiger partial charge >= 0.3 is 5.97 Å². The first kappa shape index (κ1) is 23.1. The van der Waals surface area contributed by atoms with Crippen LogP contribution >= 0.6 is 35.0 Å². The Hall–Kier alpha value is -2.22. The zero-order valence-electron chi connectivity index (χ0n) is 16.1. The van der Waals surface area contributed by atoms with Crippen molar-refractivity contribution in [2.45, 2.75) is 17.1 Å². The highest BCUT2D eigenvalue weighted by Crippen LogP contribution is 2.28. The van der Waals surface area contributed by atoms with Gasteiger partial charge in [0.25, 0.3) is 5.91 Å². The lowest BCUT2D eigenvalue weighted by atomic mass is 10.2. The van der Waals surface area contributed by atoms with Crippen molar-refractivity contribution in [2.75, 3.05) is 26.0 Å². The van der Waals surface area contributed by atoms with Crippen molar-refractivity contribution >= 4 is 58.4 Å². The molecule has 1 N–H and O–H groups in total. The fraction of sp³-hybridized carbons (Fsp3) is 0.250. The maximum Gasteiger partial charge on any atom is 0.318 e. The number of methoxy groups -OCH3 is 1. The minimum atomic E-state index is -0.475. The van der Waals surface area contributed by atoms with Crippen LogP contribution in [0.5, 0.6) is 0 Å². The summed E-state index contributed by atoms with van der Waals surface area (Å²) in [6.07, 6.45) is 0. The van der Waals surface area contributed by atoms with Crippen LogP contribution in [0.4, 0.5) is 5.69 Å². The Bertz CT molecular complexity index is 923. The smallest absolute Gasteiger partial charge is 0.318 e. The van der Waals surface area contributed by atoms with Crippen molar-refractivity contribution in [3.05, 3.63) is 58.1 Å². The molecule has 0 saturated heterocycles. The molecule has 0 fully saturated rings. The summed E-state index contributed by atoms with van der Waals surface area (Å²) >= 11 is 13.0. The van der Waals surface area contributed by atoms with Crippen LogP contribution in [0.2, 0.25) is 10.0 Å². The zero-order chi connectivity index (χ0) is 21.6. The molecule has 29 heavy (non-hydrogen) atoms. The monoisotopic (exact) mass is 454 g/mol. The van der Waals surface area contributed by atoms with Gasteiger partial charge in [0.1, 0.15) is 5.25 Å². The number of likely N-dealkylation sites (N-methyl/N-ethyl adjacent to an activating group) is 1. The number of carbonyl (C=O) groups is 3. The molecule has 0 bridgehead atoms. The Morgan fingerprint density at radius 2 is 1.83 bits per heavy atom. The summed E-state index contributed by atoms with van der Waals surface area (Å²) in [5.41, 5.74) is 0.881. The van der Waals surface area contributed by atoms with Crippen LogP contribution in [0, 0.1) is 0 Å². The van der Waals surface area contributed by atoms with E-state index in [4.69, 9.17) is 27.9 Å². The number of anilines is 1. The van der Waals surface area contributed by atoms with Crippen molar-refractivity contribution in [1.29, 1.82) is 0 Å². The number of halogens is 2. The third-order valence-corrected chi connectivity index (χ3v) is 5.78. The summed E-state index contributed by atoms with van der Waals surface area (Å²) in [7, 11) is 2.85. The molecule has 2 amide bonds. The molecular weight excluding hydrogens is 435 g/mol. The maximum absolute atomic E-state index is 12.9. The molecule has 154 valence electrons. The zero-order valence-corrected chi connectivity index (χ0v) is 18.4. The quantitative estimate of drug-likeness (QED) is 0.496. The van der Waals surface area contributed by atoms with Crippen LogP contribution in [0.3, 0.4) is 0 Å². The van der Waals surface area contributed by atoms with Crippen molar-refractivity contribution in [3.63, 3.8) is 0 Å². The van der Waals surface area contributed by atoms with Gasteiger partial charge in [-0.25, -0.2) is 0 Å². The first-order valence-electron chi connectivity index (χ1n) is 8.56. The van der Waals surface area contributed by atoms with Gasteiger partial charge in [-0.05, 0) is 37.3 Å². The van der Waals surface area contributed by atoms with Gasteiger partial charge in [-0.15, -0.1) is 11.8 Å². The standard InChI is InChI=1S/C20H20Cl2N2O4S/c1-12(20(27)28-3)29-17-7-5-4-6-14(17)19(26)24(2)11-18(25)23-13-8-9-15(21)16(22)10-13/h4-10,12H,11H2,1-3H3,(H,23,25). The number of ether oxygens (including phenoxy) is 1. The van der Waals surface area contributed by atoms with Crippen LogP contribution in [0.25, 0.3) is 0 Å². The summed E-state index contributed by atoms with van der Waals surface area (Å²) in [4.78, 5) is 38.8. The number of hydrogen-bond donors (Lipinski definition) is 1. The summed E-state index contributed by atoms with van der Waals surface area (Å²) < 4.78 is 4.73. The van der Waals surface area contributed by atoms with Gasteiger partial charge in [0.05, 0.1) is 29.3 Å². The van der Waals surface area contributed by atoms with E-state index in [1.54, 1.807) is 43.3 Å². The molecule has 0 radical (unpaired) electrons. The highest BCUT2D eigenvalue weighted by Gasteiger charge is 2.22. The maximum atomic E-state index is 12.9. The van der Waals surface area contributed by atoms with E-state index in [0.717, 1.165) is 0 Å². The number of rotatable bonds is 7. The van der Waals surface area contributed by atoms with Gasteiger partial charge < -0.3 is 15.0 Å². The van der Waals surface area contributed by atoms with E-state index in [9.17, 15) is 14.4 Å². The third kappa shape index (κ3) is 6.39. The molecule has 2 rings (SSSR count). The largest absolute Gasteiger partial charge is 0.468 e. The van der Waals surface area contributed by atoms with Gasteiger partial charge in [-0.3, -0.25) is 14.4 Å². The molecule has 6 nitrogen and oxygen atoms in total. The van der Waals surface area contributed by atoms with Crippen molar-refractivity contribution < 1.29 is 19.1 Å². The molecule has 0 spiro atoms. The number of nitrogens with one attached hydrogen (secondary N) is 1. The lowest BCUT2D eigenvalue weighted by Gasteiger charge is -2.19. The highest BCUT2D eigenvalue weighted by molar-refractivity contribution is 8.00. The van der Waals surface area contributed by atoms with Gasteiger partial charge in [0.15, 0.2) is 0 Å². The van der Waals surface area contributed by atoms with Crippen LogP contribution in [0.15, 0.2) is 47.4 Å². The number of carbonyl (C=O) groups excluding carboxylic acids is 3. The average molecular weight is 455 g/mol. The minimum Gasteiger partial charge on any atom is -0.468 e. The molecule has 0 heterocycles. The highest BCUT2D eigenvalue weighted by atomic mass is 35.5. The molecule has 2 aromatic carbocycles. The van der Waals surface area contributed by atoms with Gasteiger partial charge in [-0.1, -0.05) is 35.3 Å². The molecular formula is C20H20Cl2N2O4S. The molecule has 0 aliphatic rings. The molecule has 0 aliphatic heterocycles. The minimum absolute atomic E-state index is 0.162. The summed E-state index contributed by atoms with van der Waals surface area (Å²) in [6.45, 7) is 1.54. The van der Waals surface area contributed by atoms with Gasteiger partial charge in [-0.2, -0.15) is 0 Å². The lowest BCUT2D eigenvalue weighted by molar-refractivity contribution is -0.139. The van der Waals surface area contributed by atoms with E-state index in [-0.39, 0.29) is 24.3 Å². The predicted molar refractivity (Wildman–Crippen MR) is 116 cm³/mol. The molecule has 0 saturated carbocycles. The van der Waals surface area contributed by atoms with Crippen molar-refractivity contribution in [3.8, 4) is 0 Å².